The van der Waals surface area contributed by atoms with Crippen molar-refractivity contribution in [3.05, 3.63) is 35.4 Å². The van der Waals surface area contributed by atoms with Gasteiger partial charge in [0, 0.05) is 19.5 Å². The van der Waals surface area contributed by atoms with Crippen LogP contribution >= 0.6 is 0 Å². The summed E-state index contributed by atoms with van der Waals surface area (Å²) in [5.74, 6) is 0.228. The molecule has 18 heavy (non-hydrogen) atoms. The monoisotopic (exact) mass is 248 g/mol. The van der Waals surface area contributed by atoms with Crippen LogP contribution in [0.4, 0.5) is 0 Å². The third-order valence-corrected chi connectivity index (χ3v) is 3.11. The van der Waals surface area contributed by atoms with Crippen molar-refractivity contribution in [1.29, 1.82) is 0 Å². The van der Waals surface area contributed by atoms with Gasteiger partial charge in [-0.15, -0.1) is 0 Å². The summed E-state index contributed by atoms with van der Waals surface area (Å²) in [5, 5.41) is 0. The first-order valence-corrected chi connectivity index (χ1v) is 6.70. The second-order valence-corrected chi connectivity index (χ2v) is 4.60. The maximum atomic E-state index is 12.0. The predicted octanol–water partition coefficient (Wildman–Crippen LogP) is 2.12. The average Bonchev–Trinajstić information content (AvgIpc) is 2.39. The van der Waals surface area contributed by atoms with Crippen LogP contribution in [0.3, 0.4) is 0 Å². The highest BCUT2D eigenvalue weighted by Crippen LogP contribution is 2.07. The minimum Gasteiger partial charge on any atom is -0.343 e. The van der Waals surface area contributed by atoms with Crippen LogP contribution in [-0.2, 0) is 11.2 Å². The highest BCUT2D eigenvalue weighted by molar-refractivity contribution is 5.76. The molecule has 1 rings (SSSR count). The van der Waals surface area contributed by atoms with Gasteiger partial charge in [-0.05, 0) is 38.8 Å². The smallest absolute Gasteiger partial charge is 0.222 e. The van der Waals surface area contributed by atoms with Crippen molar-refractivity contribution in [3.8, 4) is 0 Å². The summed E-state index contributed by atoms with van der Waals surface area (Å²) in [4.78, 5) is 13.9. The van der Waals surface area contributed by atoms with Crippen LogP contribution in [0.5, 0.6) is 0 Å². The van der Waals surface area contributed by atoms with Crippen LogP contribution in [0, 0.1) is 6.92 Å². The standard InChI is InChI=1S/C15H24N2O/c1-3-17(12-4-11-16)15(18)10-9-14-7-5-13(2)6-8-14/h5-8H,3-4,9-12,16H2,1-2H3. The number of rotatable bonds is 7. The molecule has 1 aromatic rings. The van der Waals surface area contributed by atoms with Crippen LogP contribution in [0.1, 0.15) is 30.9 Å². The molecule has 0 spiro atoms. The molecule has 0 saturated heterocycles. The second kappa shape index (κ2) is 7.88. The van der Waals surface area contributed by atoms with Crippen molar-refractivity contribution < 1.29 is 4.79 Å². The Balaban J connectivity index is 2.41. The molecule has 0 bridgehead atoms. The lowest BCUT2D eigenvalue weighted by Gasteiger charge is -2.20. The molecule has 0 heterocycles. The minimum absolute atomic E-state index is 0.228. The zero-order chi connectivity index (χ0) is 13.4. The lowest BCUT2D eigenvalue weighted by molar-refractivity contribution is -0.131. The highest BCUT2D eigenvalue weighted by atomic mass is 16.2. The summed E-state index contributed by atoms with van der Waals surface area (Å²) in [7, 11) is 0. The van der Waals surface area contributed by atoms with E-state index >= 15 is 0 Å². The number of benzene rings is 1. The van der Waals surface area contributed by atoms with E-state index in [0.29, 0.717) is 13.0 Å². The van der Waals surface area contributed by atoms with Gasteiger partial charge in [-0.2, -0.15) is 0 Å². The van der Waals surface area contributed by atoms with Gasteiger partial charge in [0.05, 0.1) is 0 Å². The molecule has 100 valence electrons. The molecule has 0 aliphatic carbocycles. The fraction of sp³-hybridized carbons (Fsp3) is 0.533. The third kappa shape index (κ3) is 4.88. The lowest BCUT2D eigenvalue weighted by Crippen LogP contribution is -2.32. The molecule has 0 radical (unpaired) electrons. The van der Waals surface area contributed by atoms with E-state index in [-0.39, 0.29) is 5.91 Å². The molecule has 2 N–H and O–H groups in total. The third-order valence-electron chi connectivity index (χ3n) is 3.11. The van der Waals surface area contributed by atoms with Gasteiger partial charge in [0.25, 0.3) is 0 Å². The zero-order valence-corrected chi connectivity index (χ0v) is 11.5. The number of nitrogens with two attached hydrogens (primary N) is 1. The van der Waals surface area contributed by atoms with Gasteiger partial charge in [-0.3, -0.25) is 4.79 Å². The Morgan fingerprint density at radius 2 is 1.94 bits per heavy atom. The van der Waals surface area contributed by atoms with Crippen molar-refractivity contribution in [2.24, 2.45) is 5.73 Å². The van der Waals surface area contributed by atoms with E-state index in [0.717, 1.165) is 25.9 Å². The van der Waals surface area contributed by atoms with Crippen LogP contribution in [0.25, 0.3) is 0 Å². The number of carbonyl (C=O) groups excluding carboxylic acids is 1. The maximum Gasteiger partial charge on any atom is 0.222 e. The largest absolute Gasteiger partial charge is 0.343 e. The molecule has 0 fully saturated rings. The minimum atomic E-state index is 0.228. The fourth-order valence-electron chi connectivity index (χ4n) is 1.91. The molecule has 0 aliphatic heterocycles. The summed E-state index contributed by atoms with van der Waals surface area (Å²) < 4.78 is 0. The van der Waals surface area contributed by atoms with Gasteiger partial charge < -0.3 is 10.6 Å². The van der Waals surface area contributed by atoms with Gasteiger partial charge in [0.2, 0.25) is 5.91 Å². The summed E-state index contributed by atoms with van der Waals surface area (Å²) in [6.45, 7) is 6.27. The van der Waals surface area contributed by atoms with E-state index in [1.54, 1.807) is 0 Å². The van der Waals surface area contributed by atoms with E-state index in [4.69, 9.17) is 5.73 Å². The van der Waals surface area contributed by atoms with Crippen molar-refractivity contribution >= 4 is 5.91 Å². The number of aryl methyl sites for hydroxylation is 2. The topological polar surface area (TPSA) is 46.3 Å². The van der Waals surface area contributed by atoms with Gasteiger partial charge in [-0.25, -0.2) is 0 Å². The summed E-state index contributed by atoms with van der Waals surface area (Å²) >= 11 is 0. The Labute approximate surface area is 110 Å². The van der Waals surface area contributed by atoms with Crippen LogP contribution in [-0.4, -0.2) is 30.4 Å². The summed E-state index contributed by atoms with van der Waals surface area (Å²) in [6, 6.07) is 8.37. The van der Waals surface area contributed by atoms with Gasteiger partial charge in [0.1, 0.15) is 0 Å². The molecule has 3 heteroatoms. The Kier molecular flexibility index (Phi) is 6.44. The Morgan fingerprint density at radius 1 is 1.28 bits per heavy atom. The molecule has 1 amide bonds. The van der Waals surface area contributed by atoms with Crippen LogP contribution in [0.2, 0.25) is 0 Å². The average molecular weight is 248 g/mol. The van der Waals surface area contributed by atoms with E-state index in [1.165, 1.54) is 11.1 Å². The molecule has 0 atom stereocenters. The predicted molar refractivity (Wildman–Crippen MR) is 75.4 cm³/mol. The quantitative estimate of drug-likeness (QED) is 0.803. The first kappa shape index (κ1) is 14.7. The van der Waals surface area contributed by atoms with Gasteiger partial charge >= 0.3 is 0 Å². The molecule has 0 unspecified atom stereocenters. The molecule has 0 saturated carbocycles. The van der Waals surface area contributed by atoms with E-state index < -0.39 is 0 Å². The summed E-state index contributed by atoms with van der Waals surface area (Å²) in [6.07, 6.45) is 2.28. The van der Waals surface area contributed by atoms with Crippen LogP contribution < -0.4 is 5.73 Å². The van der Waals surface area contributed by atoms with Gasteiger partial charge in [-0.1, -0.05) is 29.8 Å². The highest BCUT2D eigenvalue weighted by Gasteiger charge is 2.10. The first-order chi connectivity index (χ1) is 8.67. The Morgan fingerprint density at radius 3 is 2.50 bits per heavy atom. The SMILES string of the molecule is CCN(CCCN)C(=O)CCc1ccc(C)cc1. The van der Waals surface area contributed by atoms with E-state index in [1.807, 2.05) is 11.8 Å². The van der Waals surface area contributed by atoms with Crippen molar-refractivity contribution in [1.82, 2.24) is 4.90 Å². The maximum absolute atomic E-state index is 12.0. The second-order valence-electron chi connectivity index (χ2n) is 4.60. The number of carbonyl (C=O) groups is 1. The molecular formula is C15H24N2O. The normalized spacial score (nSPS) is 10.4. The molecule has 0 aliphatic rings. The Hall–Kier alpha value is -1.35. The number of hydrogen-bond acceptors (Lipinski definition) is 2. The Bertz CT molecular complexity index is 359. The lowest BCUT2D eigenvalue weighted by atomic mass is 10.1. The molecule has 3 nitrogen and oxygen atoms in total. The summed E-state index contributed by atoms with van der Waals surface area (Å²) in [5.41, 5.74) is 7.95. The van der Waals surface area contributed by atoms with Crippen molar-refractivity contribution in [2.45, 2.75) is 33.1 Å². The zero-order valence-electron chi connectivity index (χ0n) is 11.5. The molecule has 1 aromatic carbocycles. The molecular weight excluding hydrogens is 224 g/mol. The van der Waals surface area contributed by atoms with Crippen LogP contribution in [0.15, 0.2) is 24.3 Å². The number of hydrogen-bond donors (Lipinski definition) is 1. The van der Waals surface area contributed by atoms with Crippen molar-refractivity contribution in [3.63, 3.8) is 0 Å². The first-order valence-electron chi connectivity index (χ1n) is 6.70. The van der Waals surface area contributed by atoms with Crippen molar-refractivity contribution in [2.75, 3.05) is 19.6 Å². The number of amides is 1. The number of nitrogens with zero attached hydrogens (tertiary/aromatic N) is 1. The molecule has 0 aromatic heterocycles. The van der Waals surface area contributed by atoms with Gasteiger partial charge in [0.15, 0.2) is 0 Å². The van der Waals surface area contributed by atoms with E-state index in [9.17, 15) is 4.79 Å². The van der Waals surface area contributed by atoms with E-state index in [2.05, 4.69) is 31.2 Å². The fourth-order valence-corrected chi connectivity index (χ4v) is 1.91.